The Morgan fingerprint density at radius 2 is 1.92 bits per heavy atom. The number of alkyl halides is 3. The second-order valence-corrected chi connectivity index (χ2v) is 11.4. The minimum absolute atomic E-state index is 0.0460. The number of rotatable bonds is 9. The third kappa shape index (κ3) is 5.80. The van der Waals surface area contributed by atoms with Crippen molar-refractivity contribution >= 4 is 41.0 Å². The normalized spacial score (nSPS) is 24.1. The minimum atomic E-state index is -2.68. The van der Waals surface area contributed by atoms with Gasteiger partial charge in [0.2, 0.25) is 5.95 Å². The largest absolute Gasteiger partial charge is 0.395 e. The molecule has 2 aromatic rings. The maximum atomic E-state index is 13.6. The van der Waals surface area contributed by atoms with Gasteiger partial charge in [0.1, 0.15) is 5.82 Å². The molecule has 0 radical (unpaired) electrons. The van der Waals surface area contributed by atoms with Crippen LogP contribution >= 0.6 is 11.9 Å². The highest BCUT2D eigenvalue weighted by Crippen LogP contribution is 2.58. The Bertz CT molecular complexity index is 1180. The summed E-state index contributed by atoms with van der Waals surface area (Å²) in [6.45, 7) is 3.15. The summed E-state index contributed by atoms with van der Waals surface area (Å²) in [7, 11) is 0. The van der Waals surface area contributed by atoms with Gasteiger partial charge in [-0.1, -0.05) is 11.9 Å². The van der Waals surface area contributed by atoms with Crippen molar-refractivity contribution in [2.24, 2.45) is 11.3 Å². The monoisotopic (exact) mass is 550 g/mol. The van der Waals surface area contributed by atoms with E-state index in [2.05, 4.69) is 24.9 Å². The lowest BCUT2D eigenvalue weighted by Crippen LogP contribution is -2.40. The van der Waals surface area contributed by atoms with E-state index in [0.29, 0.717) is 41.9 Å². The Morgan fingerprint density at radius 3 is 2.63 bits per heavy atom. The smallest absolute Gasteiger partial charge is 0.258 e. The number of aromatic nitrogens is 2. The molecule has 1 saturated carbocycles. The molecular weight excluding hydrogens is 517 g/mol. The molecule has 2 atom stereocenters. The topological polar surface area (TPSA) is 93.6 Å². The molecule has 1 unspecified atom stereocenters. The highest BCUT2D eigenvalue weighted by atomic mass is 32.2. The van der Waals surface area contributed by atoms with Crippen molar-refractivity contribution < 1.29 is 23.1 Å². The van der Waals surface area contributed by atoms with Gasteiger partial charge in [0.05, 0.1) is 24.5 Å². The molecule has 1 aromatic carbocycles. The van der Waals surface area contributed by atoms with E-state index in [9.17, 15) is 18.0 Å². The zero-order valence-electron chi connectivity index (χ0n) is 21.4. The van der Waals surface area contributed by atoms with E-state index in [-0.39, 0.29) is 56.5 Å². The van der Waals surface area contributed by atoms with Crippen LogP contribution in [0, 0.1) is 18.3 Å². The van der Waals surface area contributed by atoms with Crippen molar-refractivity contribution in [3.8, 4) is 0 Å². The predicted molar refractivity (Wildman–Crippen MR) is 144 cm³/mol. The third-order valence-electron chi connectivity index (χ3n) is 7.77. The van der Waals surface area contributed by atoms with Crippen LogP contribution in [0.2, 0.25) is 0 Å². The number of hydrogen-bond acceptors (Lipinski definition) is 8. The van der Waals surface area contributed by atoms with Gasteiger partial charge in [-0.15, -0.1) is 0 Å². The molecule has 2 aliphatic heterocycles. The summed E-state index contributed by atoms with van der Waals surface area (Å²) < 4.78 is 44.0. The van der Waals surface area contributed by atoms with Gasteiger partial charge < -0.3 is 24.9 Å². The lowest BCUT2D eigenvalue weighted by molar-refractivity contribution is -0.0222. The zero-order chi connectivity index (χ0) is 26.9. The van der Waals surface area contributed by atoms with Crippen molar-refractivity contribution in [1.29, 1.82) is 0 Å². The van der Waals surface area contributed by atoms with Crippen LogP contribution in [0.4, 0.5) is 36.3 Å². The van der Waals surface area contributed by atoms with Crippen molar-refractivity contribution in [1.82, 2.24) is 9.97 Å². The summed E-state index contributed by atoms with van der Waals surface area (Å²) >= 11 is 1.37. The van der Waals surface area contributed by atoms with Gasteiger partial charge >= 0.3 is 0 Å². The molecule has 12 heteroatoms. The number of carbonyl (C=O) groups excluding carboxylic acids is 1. The molecule has 206 valence electrons. The Labute approximate surface area is 224 Å². The van der Waals surface area contributed by atoms with Crippen LogP contribution < -0.4 is 19.8 Å². The summed E-state index contributed by atoms with van der Waals surface area (Å²) in [4.78, 5) is 26.2. The number of anilines is 4. The average molecular weight is 551 g/mol. The summed E-state index contributed by atoms with van der Waals surface area (Å²) in [6, 6.07) is 7.12. The first-order chi connectivity index (χ1) is 18.2. The molecule has 1 aliphatic carbocycles. The number of nitrogens with one attached hydrogen (secondary N) is 2. The lowest BCUT2D eigenvalue weighted by Gasteiger charge is -2.33. The first-order valence-corrected chi connectivity index (χ1v) is 13.9. The van der Waals surface area contributed by atoms with Crippen LogP contribution in [0.5, 0.6) is 0 Å². The third-order valence-corrected chi connectivity index (χ3v) is 8.54. The van der Waals surface area contributed by atoms with Crippen molar-refractivity contribution in [2.45, 2.75) is 38.5 Å². The molecule has 8 nitrogen and oxygen atoms in total. The number of piperidine rings is 2. The number of aliphatic hydroxyl groups is 1. The zero-order valence-corrected chi connectivity index (χ0v) is 22.2. The fourth-order valence-electron chi connectivity index (χ4n) is 5.37. The number of amides is 1. The number of carbonyl (C=O) groups is 1. The quantitative estimate of drug-likeness (QED) is 0.310. The van der Waals surface area contributed by atoms with E-state index >= 15 is 0 Å². The molecule has 0 spiro atoms. The Balaban J connectivity index is 1.36. The summed E-state index contributed by atoms with van der Waals surface area (Å²) in [5.74, 6) is -1.60. The number of nitrogens with zero attached hydrogens (tertiary/aromatic N) is 4. The molecule has 1 aromatic heterocycles. The van der Waals surface area contributed by atoms with Gasteiger partial charge in [-0.3, -0.25) is 9.18 Å². The second-order valence-electron chi connectivity index (χ2n) is 10.5. The molecule has 38 heavy (non-hydrogen) atoms. The number of halogens is 3. The summed E-state index contributed by atoms with van der Waals surface area (Å²) in [5.41, 5.74) is 2.44. The number of hydrogen-bond donors (Lipinski definition) is 3. The van der Waals surface area contributed by atoms with Crippen molar-refractivity contribution in [2.75, 3.05) is 65.1 Å². The van der Waals surface area contributed by atoms with Gasteiger partial charge in [0, 0.05) is 67.6 Å². The van der Waals surface area contributed by atoms with Gasteiger partial charge in [-0.25, -0.2) is 13.8 Å². The number of benzene rings is 1. The van der Waals surface area contributed by atoms with Gasteiger partial charge in [0.25, 0.3) is 11.8 Å². The average Bonchev–Trinajstić information content (AvgIpc) is 3.63. The molecule has 3 fully saturated rings. The van der Waals surface area contributed by atoms with Gasteiger partial charge in [-0.2, -0.15) is 4.98 Å². The summed E-state index contributed by atoms with van der Waals surface area (Å²) in [6.07, 6.45) is 1.10. The van der Waals surface area contributed by atoms with Crippen LogP contribution in [0.15, 0.2) is 24.3 Å². The van der Waals surface area contributed by atoms with E-state index < -0.39 is 5.92 Å². The molecular formula is C26H33F3N6O2S. The lowest BCUT2D eigenvalue weighted by atomic mass is 9.96. The van der Waals surface area contributed by atoms with Crippen molar-refractivity contribution in [3.63, 3.8) is 0 Å². The summed E-state index contributed by atoms with van der Waals surface area (Å²) in [5, 5.41) is 12.0. The SMILES string of the molecule is Cc1cc(NC(=O)c2ccc(NSCCO)cc2N2CC[C@@]3(CF)CC3C2)nc(N2CCC(F)(F)CC2)n1. The molecule has 5 rings (SSSR count). The fourth-order valence-corrected chi connectivity index (χ4v) is 5.85. The first kappa shape index (κ1) is 26.9. The van der Waals surface area contributed by atoms with Crippen LogP contribution in [-0.4, -0.2) is 72.1 Å². The minimum Gasteiger partial charge on any atom is -0.395 e. The van der Waals surface area contributed by atoms with E-state index in [0.717, 1.165) is 24.2 Å². The van der Waals surface area contributed by atoms with E-state index in [1.54, 1.807) is 30.0 Å². The van der Waals surface area contributed by atoms with Crippen LogP contribution in [-0.2, 0) is 0 Å². The highest BCUT2D eigenvalue weighted by Gasteiger charge is 2.56. The number of fused-ring (bicyclic) bond motifs is 1. The second kappa shape index (κ2) is 10.8. The Kier molecular flexibility index (Phi) is 7.63. The van der Waals surface area contributed by atoms with Crippen LogP contribution in [0.25, 0.3) is 0 Å². The molecule has 3 heterocycles. The van der Waals surface area contributed by atoms with Crippen molar-refractivity contribution in [3.05, 3.63) is 35.5 Å². The van der Waals surface area contributed by atoms with Gasteiger partial charge in [-0.05, 0) is 43.9 Å². The van der Waals surface area contributed by atoms with Gasteiger partial charge in [0.15, 0.2) is 0 Å². The molecule has 1 amide bonds. The molecule has 3 aliphatic rings. The Morgan fingerprint density at radius 1 is 1.16 bits per heavy atom. The van der Waals surface area contributed by atoms with Crippen LogP contribution in [0.3, 0.4) is 0 Å². The number of aliphatic hydroxyl groups excluding tert-OH is 1. The predicted octanol–water partition coefficient (Wildman–Crippen LogP) is 4.51. The Hall–Kier alpha value is -2.73. The molecule has 3 N–H and O–H groups in total. The standard InChI is InChI=1S/C26H33F3N6O2S/c1-17-12-22(32-24(30-17)34-8-5-26(28,29)6-9-34)31-23(37)20-3-2-19(33-38-11-10-36)13-21(20)35-7-4-25(16-27)14-18(25)15-35/h2-3,12-13,18,33,36H,4-11,14-16H2,1H3,(H,30,31,32,37)/t18?,25-/m0/s1. The van der Waals surface area contributed by atoms with Crippen LogP contribution in [0.1, 0.15) is 41.7 Å². The van der Waals surface area contributed by atoms with E-state index in [4.69, 9.17) is 5.11 Å². The highest BCUT2D eigenvalue weighted by molar-refractivity contribution is 8.00. The van der Waals surface area contributed by atoms with E-state index in [1.165, 1.54) is 11.9 Å². The molecule has 0 bridgehead atoms. The van der Waals surface area contributed by atoms with E-state index in [1.807, 2.05) is 6.07 Å². The molecule has 2 saturated heterocycles. The number of aryl methyl sites for hydroxylation is 1. The fraction of sp³-hybridized carbons (Fsp3) is 0.577. The first-order valence-electron chi connectivity index (χ1n) is 13.0. The maximum Gasteiger partial charge on any atom is 0.258 e. The maximum absolute atomic E-state index is 13.6.